The number of hydrogen-bond acceptors (Lipinski definition) is 7. The maximum absolute atomic E-state index is 5.55. The van der Waals surface area contributed by atoms with Crippen LogP contribution in [0.2, 0.25) is 0 Å². The highest BCUT2D eigenvalue weighted by atomic mass is 16.5. The Morgan fingerprint density at radius 3 is 2.81 bits per heavy atom. The summed E-state index contributed by atoms with van der Waals surface area (Å²) in [7, 11) is 3.99. The van der Waals surface area contributed by atoms with Gasteiger partial charge in [-0.15, -0.1) is 0 Å². The van der Waals surface area contributed by atoms with Gasteiger partial charge >= 0.3 is 0 Å². The van der Waals surface area contributed by atoms with Gasteiger partial charge in [-0.1, -0.05) is 5.16 Å². The summed E-state index contributed by atoms with van der Waals surface area (Å²) in [5.41, 5.74) is 2.55. The predicted molar refractivity (Wildman–Crippen MR) is 101 cm³/mol. The van der Waals surface area contributed by atoms with E-state index in [0.29, 0.717) is 6.04 Å². The number of aryl methyl sites for hydroxylation is 1. The van der Waals surface area contributed by atoms with Crippen LogP contribution in [-0.4, -0.2) is 53.3 Å². The minimum atomic E-state index is 0.461. The van der Waals surface area contributed by atoms with Crippen molar-refractivity contribution in [2.24, 2.45) is 0 Å². The maximum atomic E-state index is 5.55. The van der Waals surface area contributed by atoms with Gasteiger partial charge in [0.05, 0.1) is 0 Å². The lowest BCUT2D eigenvalue weighted by Crippen LogP contribution is -2.39. The van der Waals surface area contributed by atoms with Crippen molar-refractivity contribution in [3.63, 3.8) is 0 Å². The number of nitrogens with zero attached hydrogens (tertiary/aromatic N) is 5. The molecule has 0 amide bonds. The predicted octanol–water partition coefficient (Wildman–Crippen LogP) is 2.49. The van der Waals surface area contributed by atoms with Crippen LogP contribution in [0, 0.1) is 0 Å². The highest BCUT2D eigenvalue weighted by Crippen LogP contribution is 2.26. The normalized spacial score (nSPS) is 18.5. The molecular weight excluding hydrogens is 328 g/mol. The van der Waals surface area contributed by atoms with E-state index in [0.717, 1.165) is 68.4 Å². The standard InChI is InChI=1S/C19H28N6O/c1-24(2)19-11-18(20-13-21-19)22-14-7-9-25(10-8-14)12-16-15-5-3-4-6-17(15)26-23-16/h11,13-14H,3-10,12H2,1-2H3,(H,20,21,22). The summed E-state index contributed by atoms with van der Waals surface area (Å²) in [4.78, 5) is 13.1. The van der Waals surface area contributed by atoms with Crippen LogP contribution in [0.25, 0.3) is 0 Å². The molecule has 1 aliphatic heterocycles. The first-order chi connectivity index (χ1) is 12.7. The monoisotopic (exact) mass is 356 g/mol. The quantitative estimate of drug-likeness (QED) is 0.882. The lowest BCUT2D eigenvalue weighted by atomic mass is 9.96. The largest absolute Gasteiger partial charge is 0.367 e. The smallest absolute Gasteiger partial charge is 0.140 e. The molecule has 1 aliphatic carbocycles. The molecule has 2 aromatic heterocycles. The van der Waals surface area contributed by atoms with Gasteiger partial charge in [-0.25, -0.2) is 9.97 Å². The van der Waals surface area contributed by atoms with Crippen molar-refractivity contribution in [1.82, 2.24) is 20.0 Å². The lowest BCUT2D eigenvalue weighted by molar-refractivity contribution is 0.205. The number of nitrogens with one attached hydrogen (secondary N) is 1. The van der Waals surface area contributed by atoms with Gasteiger partial charge in [-0.3, -0.25) is 4.90 Å². The average Bonchev–Trinajstić information content (AvgIpc) is 3.07. The third kappa shape index (κ3) is 3.82. The summed E-state index contributed by atoms with van der Waals surface area (Å²) in [6.07, 6.45) is 8.54. The third-order valence-corrected chi connectivity index (χ3v) is 5.46. The van der Waals surface area contributed by atoms with Gasteiger partial charge in [0.2, 0.25) is 0 Å². The van der Waals surface area contributed by atoms with Crippen molar-refractivity contribution < 1.29 is 4.52 Å². The molecule has 2 aliphatic rings. The number of anilines is 2. The molecule has 140 valence electrons. The van der Waals surface area contributed by atoms with Crippen LogP contribution in [0.4, 0.5) is 11.6 Å². The van der Waals surface area contributed by atoms with Gasteiger partial charge in [0.1, 0.15) is 29.4 Å². The maximum Gasteiger partial charge on any atom is 0.140 e. The van der Waals surface area contributed by atoms with Crippen LogP contribution >= 0.6 is 0 Å². The molecule has 0 atom stereocenters. The fourth-order valence-corrected chi connectivity index (χ4v) is 3.90. The SMILES string of the molecule is CN(C)c1cc(NC2CCN(Cc3noc4c3CCCC4)CC2)ncn1. The minimum Gasteiger partial charge on any atom is -0.367 e. The molecule has 0 unspecified atom stereocenters. The van der Waals surface area contributed by atoms with E-state index < -0.39 is 0 Å². The van der Waals surface area contributed by atoms with Crippen LogP contribution in [0.15, 0.2) is 16.9 Å². The van der Waals surface area contributed by atoms with Gasteiger partial charge in [0.25, 0.3) is 0 Å². The molecule has 1 saturated heterocycles. The fourth-order valence-electron chi connectivity index (χ4n) is 3.90. The molecule has 1 fully saturated rings. The Balaban J connectivity index is 1.30. The summed E-state index contributed by atoms with van der Waals surface area (Å²) in [6, 6.07) is 2.47. The summed E-state index contributed by atoms with van der Waals surface area (Å²) in [6.45, 7) is 3.07. The fraction of sp³-hybridized carbons (Fsp3) is 0.632. The zero-order valence-corrected chi connectivity index (χ0v) is 15.7. The molecule has 7 nitrogen and oxygen atoms in total. The van der Waals surface area contributed by atoms with Crippen LogP contribution < -0.4 is 10.2 Å². The molecular formula is C19H28N6O. The summed E-state index contributed by atoms with van der Waals surface area (Å²) < 4.78 is 5.55. The van der Waals surface area contributed by atoms with E-state index >= 15 is 0 Å². The highest BCUT2D eigenvalue weighted by molar-refractivity contribution is 5.47. The Morgan fingerprint density at radius 1 is 1.19 bits per heavy atom. The first-order valence-corrected chi connectivity index (χ1v) is 9.63. The van der Waals surface area contributed by atoms with Crippen molar-refractivity contribution in [2.75, 3.05) is 37.4 Å². The molecule has 0 bridgehead atoms. The number of hydrogen-bond donors (Lipinski definition) is 1. The second kappa shape index (κ2) is 7.61. The van der Waals surface area contributed by atoms with Crippen LogP contribution in [0.3, 0.4) is 0 Å². The van der Waals surface area contributed by atoms with Gasteiger partial charge < -0.3 is 14.7 Å². The van der Waals surface area contributed by atoms with Gasteiger partial charge in [0.15, 0.2) is 0 Å². The van der Waals surface area contributed by atoms with E-state index in [1.165, 1.54) is 18.4 Å². The zero-order chi connectivity index (χ0) is 17.9. The third-order valence-electron chi connectivity index (χ3n) is 5.46. The molecule has 0 saturated carbocycles. The molecule has 26 heavy (non-hydrogen) atoms. The molecule has 4 rings (SSSR count). The summed E-state index contributed by atoms with van der Waals surface area (Å²) in [5, 5.41) is 7.92. The number of rotatable bonds is 5. The van der Waals surface area contributed by atoms with Crippen molar-refractivity contribution in [2.45, 2.75) is 51.1 Å². The Morgan fingerprint density at radius 2 is 2.00 bits per heavy atom. The van der Waals surface area contributed by atoms with E-state index in [1.807, 2.05) is 25.1 Å². The van der Waals surface area contributed by atoms with Crippen LogP contribution in [-0.2, 0) is 19.4 Å². The van der Waals surface area contributed by atoms with E-state index in [9.17, 15) is 0 Å². The number of piperidine rings is 1. The van der Waals surface area contributed by atoms with E-state index in [-0.39, 0.29) is 0 Å². The Kier molecular flexibility index (Phi) is 5.06. The van der Waals surface area contributed by atoms with E-state index in [1.54, 1.807) is 6.33 Å². The van der Waals surface area contributed by atoms with Crippen molar-refractivity contribution in [3.05, 3.63) is 29.4 Å². The summed E-state index contributed by atoms with van der Waals surface area (Å²) >= 11 is 0. The van der Waals surface area contributed by atoms with Crippen molar-refractivity contribution in [3.8, 4) is 0 Å². The topological polar surface area (TPSA) is 70.3 Å². The highest BCUT2D eigenvalue weighted by Gasteiger charge is 2.24. The second-order valence-corrected chi connectivity index (χ2v) is 7.59. The van der Waals surface area contributed by atoms with E-state index in [4.69, 9.17) is 4.52 Å². The molecule has 2 aromatic rings. The zero-order valence-electron chi connectivity index (χ0n) is 15.7. The second-order valence-electron chi connectivity index (χ2n) is 7.59. The lowest BCUT2D eigenvalue weighted by Gasteiger charge is -2.32. The van der Waals surface area contributed by atoms with Gasteiger partial charge in [0, 0.05) is 57.8 Å². The van der Waals surface area contributed by atoms with Crippen LogP contribution in [0.5, 0.6) is 0 Å². The average molecular weight is 356 g/mol. The van der Waals surface area contributed by atoms with Crippen molar-refractivity contribution in [1.29, 1.82) is 0 Å². The van der Waals surface area contributed by atoms with Gasteiger partial charge in [-0.05, 0) is 32.1 Å². The number of likely N-dealkylation sites (tertiary alicyclic amines) is 1. The molecule has 0 spiro atoms. The molecule has 0 radical (unpaired) electrons. The van der Waals surface area contributed by atoms with Gasteiger partial charge in [-0.2, -0.15) is 0 Å². The molecule has 3 heterocycles. The molecule has 7 heteroatoms. The number of fused-ring (bicyclic) bond motifs is 1. The van der Waals surface area contributed by atoms with E-state index in [2.05, 4.69) is 25.3 Å². The first-order valence-electron chi connectivity index (χ1n) is 9.63. The Labute approximate surface area is 154 Å². The molecule has 0 aromatic carbocycles. The van der Waals surface area contributed by atoms with Crippen molar-refractivity contribution >= 4 is 11.6 Å². The first kappa shape index (κ1) is 17.3. The minimum absolute atomic E-state index is 0.461. The molecule has 1 N–H and O–H groups in total. The summed E-state index contributed by atoms with van der Waals surface area (Å²) in [5.74, 6) is 2.96. The Bertz CT molecular complexity index is 735. The Hall–Kier alpha value is -2.15. The number of aromatic nitrogens is 3. The van der Waals surface area contributed by atoms with Crippen LogP contribution in [0.1, 0.15) is 42.7 Å².